The molecule has 0 spiro atoms. The Morgan fingerprint density at radius 3 is 2.40 bits per heavy atom. The van der Waals surface area contributed by atoms with E-state index in [1.54, 1.807) is 35.8 Å². The first-order valence-electron chi connectivity index (χ1n) is 9.35. The lowest BCUT2D eigenvalue weighted by molar-refractivity contribution is 0.356. The SMILES string of the molecule is COc1cc2nc(-n3nc(C)cc3C)n3nc(-c4cccnc4)nc3c2cc1OC. The first-order chi connectivity index (χ1) is 14.6. The van der Waals surface area contributed by atoms with E-state index in [9.17, 15) is 0 Å². The van der Waals surface area contributed by atoms with Crippen LogP contribution in [0.2, 0.25) is 0 Å². The van der Waals surface area contributed by atoms with Crippen molar-refractivity contribution in [3.05, 3.63) is 54.1 Å². The van der Waals surface area contributed by atoms with Gasteiger partial charge in [-0.1, -0.05) is 0 Å². The fourth-order valence-corrected chi connectivity index (χ4v) is 3.51. The Bertz CT molecular complexity index is 1390. The minimum absolute atomic E-state index is 0.540. The van der Waals surface area contributed by atoms with Crippen LogP contribution in [0.4, 0.5) is 0 Å². The van der Waals surface area contributed by atoms with E-state index in [0.29, 0.717) is 34.4 Å². The average Bonchev–Trinajstić information content (AvgIpc) is 3.36. The van der Waals surface area contributed by atoms with Crippen LogP contribution in [0.15, 0.2) is 42.7 Å². The second kappa shape index (κ2) is 6.80. The fraction of sp³-hybridized carbons (Fsp3) is 0.190. The van der Waals surface area contributed by atoms with Gasteiger partial charge in [0.2, 0.25) is 0 Å². The molecule has 0 fully saturated rings. The molecule has 4 heterocycles. The minimum atomic E-state index is 0.540. The van der Waals surface area contributed by atoms with Crippen LogP contribution in [0.1, 0.15) is 11.4 Å². The minimum Gasteiger partial charge on any atom is -0.493 e. The summed E-state index contributed by atoms with van der Waals surface area (Å²) in [5.41, 5.74) is 3.99. The number of pyridine rings is 1. The number of hydrogen-bond donors (Lipinski definition) is 0. The highest BCUT2D eigenvalue weighted by atomic mass is 16.5. The van der Waals surface area contributed by atoms with Crippen LogP contribution in [-0.2, 0) is 0 Å². The number of aryl methyl sites for hydroxylation is 2. The van der Waals surface area contributed by atoms with Crippen molar-refractivity contribution in [2.24, 2.45) is 0 Å². The van der Waals surface area contributed by atoms with E-state index in [4.69, 9.17) is 24.5 Å². The molecule has 0 amide bonds. The van der Waals surface area contributed by atoms with Crippen molar-refractivity contribution in [1.29, 1.82) is 0 Å². The summed E-state index contributed by atoms with van der Waals surface area (Å²) in [5.74, 6) is 2.28. The zero-order chi connectivity index (χ0) is 20.8. The largest absolute Gasteiger partial charge is 0.493 e. The molecule has 0 saturated carbocycles. The van der Waals surface area contributed by atoms with Crippen molar-refractivity contribution in [2.45, 2.75) is 13.8 Å². The molecule has 0 radical (unpaired) electrons. The lowest BCUT2D eigenvalue weighted by atomic mass is 10.2. The van der Waals surface area contributed by atoms with Crippen LogP contribution in [0.25, 0.3) is 33.9 Å². The van der Waals surface area contributed by atoms with Gasteiger partial charge in [-0.15, -0.1) is 5.10 Å². The number of methoxy groups -OCH3 is 2. The molecule has 4 aromatic heterocycles. The summed E-state index contributed by atoms with van der Waals surface area (Å²) in [6.45, 7) is 3.92. The van der Waals surface area contributed by atoms with Crippen LogP contribution in [-0.4, -0.2) is 48.6 Å². The van der Waals surface area contributed by atoms with E-state index < -0.39 is 0 Å². The number of nitrogens with zero attached hydrogens (tertiary/aromatic N) is 7. The summed E-state index contributed by atoms with van der Waals surface area (Å²) in [7, 11) is 3.20. The van der Waals surface area contributed by atoms with Gasteiger partial charge < -0.3 is 9.47 Å². The van der Waals surface area contributed by atoms with Gasteiger partial charge in [0.15, 0.2) is 23.0 Å². The lowest BCUT2D eigenvalue weighted by Gasteiger charge is -2.11. The first-order valence-corrected chi connectivity index (χ1v) is 9.35. The second-order valence-electron chi connectivity index (χ2n) is 6.89. The zero-order valence-electron chi connectivity index (χ0n) is 17.0. The van der Waals surface area contributed by atoms with Gasteiger partial charge in [0.25, 0.3) is 5.95 Å². The Kier molecular flexibility index (Phi) is 4.09. The highest BCUT2D eigenvalue weighted by molar-refractivity contribution is 5.94. The molecule has 0 unspecified atom stereocenters. The van der Waals surface area contributed by atoms with E-state index in [-0.39, 0.29) is 0 Å². The number of rotatable bonds is 4. The van der Waals surface area contributed by atoms with E-state index >= 15 is 0 Å². The maximum absolute atomic E-state index is 5.48. The highest BCUT2D eigenvalue weighted by Crippen LogP contribution is 2.34. The van der Waals surface area contributed by atoms with Crippen molar-refractivity contribution in [2.75, 3.05) is 14.2 Å². The molecule has 1 aromatic carbocycles. The van der Waals surface area contributed by atoms with Gasteiger partial charge in [0.05, 0.1) is 25.4 Å². The Hall–Kier alpha value is -4.01. The number of hydrogen-bond acceptors (Lipinski definition) is 7. The van der Waals surface area contributed by atoms with Crippen molar-refractivity contribution < 1.29 is 9.47 Å². The molecule has 0 aliphatic heterocycles. The molecule has 5 aromatic rings. The number of benzene rings is 1. The Balaban J connectivity index is 1.89. The molecule has 0 aliphatic carbocycles. The molecule has 150 valence electrons. The van der Waals surface area contributed by atoms with E-state index in [1.165, 1.54) is 0 Å². The Labute approximate surface area is 171 Å². The smallest absolute Gasteiger partial charge is 0.254 e. The summed E-state index contributed by atoms with van der Waals surface area (Å²) in [4.78, 5) is 13.8. The van der Waals surface area contributed by atoms with Crippen LogP contribution in [0.3, 0.4) is 0 Å². The molecule has 0 saturated heterocycles. The Morgan fingerprint density at radius 2 is 1.73 bits per heavy atom. The number of aromatic nitrogens is 7. The summed E-state index contributed by atoms with van der Waals surface area (Å²) < 4.78 is 14.4. The monoisotopic (exact) mass is 401 g/mol. The van der Waals surface area contributed by atoms with Crippen molar-refractivity contribution >= 4 is 16.6 Å². The third-order valence-electron chi connectivity index (χ3n) is 4.88. The van der Waals surface area contributed by atoms with E-state index in [0.717, 1.165) is 22.3 Å². The summed E-state index contributed by atoms with van der Waals surface area (Å²) in [5, 5.41) is 10.1. The maximum atomic E-state index is 5.48. The molecule has 9 nitrogen and oxygen atoms in total. The van der Waals surface area contributed by atoms with Crippen LogP contribution in [0, 0.1) is 13.8 Å². The molecule has 0 aliphatic rings. The number of ether oxygens (including phenoxy) is 2. The second-order valence-corrected chi connectivity index (χ2v) is 6.89. The Morgan fingerprint density at radius 1 is 0.933 bits per heavy atom. The molecular formula is C21H19N7O2. The normalized spacial score (nSPS) is 11.3. The molecule has 30 heavy (non-hydrogen) atoms. The van der Waals surface area contributed by atoms with Gasteiger partial charge in [-0.05, 0) is 38.1 Å². The molecular weight excluding hydrogens is 382 g/mol. The summed E-state index contributed by atoms with van der Waals surface area (Å²) >= 11 is 0. The van der Waals surface area contributed by atoms with Gasteiger partial charge in [0, 0.05) is 35.1 Å². The zero-order valence-corrected chi connectivity index (χ0v) is 17.0. The van der Waals surface area contributed by atoms with Crippen LogP contribution >= 0.6 is 0 Å². The fourth-order valence-electron chi connectivity index (χ4n) is 3.51. The van der Waals surface area contributed by atoms with E-state index in [2.05, 4.69) is 10.1 Å². The lowest BCUT2D eigenvalue weighted by Crippen LogP contribution is -2.10. The third-order valence-corrected chi connectivity index (χ3v) is 4.88. The topological polar surface area (TPSA) is 92.2 Å². The molecule has 0 bridgehead atoms. The molecule has 0 N–H and O–H groups in total. The predicted molar refractivity (Wildman–Crippen MR) is 111 cm³/mol. The number of fused-ring (bicyclic) bond motifs is 3. The average molecular weight is 401 g/mol. The van der Waals surface area contributed by atoms with Crippen molar-refractivity contribution in [1.82, 2.24) is 34.3 Å². The molecule has 5 rings (SSSR count). The predicted octanol–water partition coefficient (Wildman–Crippen LogP) is 3.16. The van der Waals surface area contributed by atoms with Crippen LogP contribution < -0.4 is 9.47 Å². The summed E-state index contributed by atoms with van der Waals surface area (Å²) in [6.07, 6.45) is 3.45. The van der Waals surface area contributed by atoms with Gasteiger partial charge in [-0.2, -0.15) is 9.61 Å². The van der Waals surface area contributed by atoms with Gasteiger partial charge in [-0.25, -0.2) is 14.6 Å². The van der Waals surface area contributed by atoms with Gasteiger partial charge in [-0.3, -0.25) is 4.98 Å². The highest BCUT2D eigenvalue weighted by Gasteiger charge is 2.19. The quantitative estimate of drug-likeness (QED) is 0.457. The van der Waals surface area contributed by atoms with Crippen molar-refractivity contribution in [3.63, 3.8) is 0 Å². The van der Waals surface area contributed by atoms with E-state index in [1.807, 2.05) is 44.2 Å². The molecule has 9 heteroatoms. The maximum Gasteiger partial charge on any atom is 0.254 e. The third kappa shape index (κ3) is 2.74. The van der Waals surface area contributed by atoms with Gasteiger partial charge in [0.1, 0.15) is 0 Å². The van der Waals surface area contributed by atoms with Gasteiger partial charge >= 0.3 is 0 Å². The molecule has 0 atom stereocenters. The first kappa shape index (κ1) is 18.0. The standard InChI is InChI=1S/C21H19N7O2/c1-12-8-13(2)27(25-12)21-23-16-10-18(30-4)17(29-3)9-15(16)20-24-19(26-28(20)21)14-6-5-7-22-11-14/h5-11H,1-4H3. The van der Waals surface area contributed by atoms with Crippen LogP contribution in [0.5, 0.6) is 11.5 Å². The van der Waals surface area contributed by atoms with Crippen molar-refractivity contribution in [3.8, 4) is 28.8 Å². The summed E-state index contributed by atoms with van der Waals surface area (Å²) in [6, 6.07) is 9.47.